The molecular formula is C23H27F3N4O3. The molecule has 1 amide bonds. The molecule has 0 bridgehead atoms. The van der Waals surface area contributed by atoms with Gasteiger partial charge in [0.1, 0.15) is 5.75 Å². The fourth-order valence-electron chi connectivity index (χ4n) is 4.11. The van der Waals surface area contributed by atoms with Crippen LogP contribution in [0.2, 0.25) is 0 Å². The van der Waals surface area contributed by atoms with Crippen molar-refractivity contribution in [1.82, 2.24) is 4.90 Å². The lowest BCUT2D eigenvalue weighted by Crippen LogP contribution is -2.48. The van der Waals surface area contributed by atoms with E-state index in [0.717, 1.165) is 17.8 Å². The minimum atomic E-state index is -4.49. The van der Waals surface area contributed by atoms with Crippen molar-refractivity contribution in [2.75, 3.05) is 74.1 Å². The number of nitrogens with zero attached hydrogens (tertiary/aromatic N) is 3. The fraction of sp³-hybridized carbons (Fsp3) is 0.435. The van der Waals surface area contributed by atoms with Crippen molar-refractivity contribution in [3.8, 4) is 5.75 Å². The van der Waals surface area contributed by atoms with E-state index in [1.807, 2.05) is 21.9 Å². The molecule has 0 aliphatic carbocycles. The van der Waals surface area contributed by atoms with E-state index in [1.54, 1.807) is 12.1 Å². The van der Waals surface area contributed by atoms with Crippen LogP contribution in [0.1, 0.15) is 5.56 Å². The Morgan fingerprint density at radius 1 is 0.939 bits per heavy atom. The highest BCUT2D eigenvalue weighted by Crippen LogP contribution is 2.35. The quantitative estimate of drug-likeness (QED) is 0.709. The van der Waals surface area contributed by atoms with E-state index < -0.39 is 11.7 Å². The third-order valence-corrected chi connectivity index (χ3v) is 5.90. The summed E-state index contributed by atoms with van der Waals surface area (Å²) < 4.78 is 45.2. The molecule has 0 unspecified atom stereocenters. The summed E-state index contributed by atoms with van der Waals surface area (Å²) in [6, 6.07) is 10.4. The number of carbonyl (C=O) groups is 1. The predicted molar refractivity (Wildman–Crippen MR) is 120 cm³/mol. The molecule has 2 heterocycles. The van der Waals surface area contributed by atoms with Crippen LogP contribution in [0, 0.1) is 0 Å². The maximum atomic E-state index is 13.3. The standard InChI is InChI=1S/C23H27F3N4O3/c24-23(25,26)17-1-6-21(30-11-13-33-14-12-30)20(15-17)27-22(32)16-28-7-9-29(10-8-28)18-2-4-19(31)5-3-18/h1-6,15,31H,7-14,16H2,(H,27,32). The van der Waals surface area contributed by atoms with Crippen molar-refractivity contribution < 1.29 is 27.8 Å². The summed E-state index contributed by atoms with van der Waals surface area (Å²) in [5, 5.41) is 12.2. The summed E-state index contributed by atoms with van der Waals surface area (Å²) in [6.07, 6.45) is -4.49. The molecule has 10 heteroatoms. The van der Waals surface area contributed by atoms with Gasteiger partial charge in [0.25, 0.3) is 0 Å². The summed E-state index contributed by atoms with van der Waals surface area (Å²) in [4.78, 5) is 18.8. The van der Waals surface area contributed by atoms with Gasteiger partial charge in [0.05, 0.1) is 36.7 Å². The van der Waals surface area contributed by atoms with Crippen LogP contribution in [-0.2, 0) is 15.7 Å². The van der Waals surface area contributed by atoms with Gasteiger partial charge < -0.3 is 25.0 Å². The Hall–Kier alpha value is -2.98. The second-order valence-corrected chi connectivity index (χ2v) is 8.16. The highest BCUT2D eigenvalue weighted by Gasteiger charge is 2.32. The normalized spacial score (nSPS) is 17.8. The smallest absolute Gasteiger partial charge is 0.416 e. The number of rotatable bonds is 5. The second-order valence-electron chi connectivity index (χ2n) is 8.16. The first-order valence-corrected chi connectivity index (χ1v) is 10.9. The summed E-state index contributed by atoms with van der Waals surface area (Å²) in [6.45, 7) is 4.88. The van der Waals surface area contributed by atoms with E-state index in [0.29, 0.717) is 58.2 Å². The van der Waals surface area contributed by atoms with E-state index in [2.05, 4.69) is 10.2 Å². The van der Waals surface area contributed by atoms with Gasteiger partial charge >= 0.3 is 6.18 Å². The Kier molecular flexibility index (Phi) is 6.94. The molecule has 7 nitrogen and oxygen atoms in total. The van der Waals surface area contributed by atoms with E-state index in [-0.39, 0.29) is 23.9 Å². The van der Waals surface area contributed by atoms with Gasteiger partial charge in [-0.25, -0.2) is 0 Å². The van der Waals surface area contributed by atoms with Crippen LogP contribution < -0.4 is 15.1 Å². The van der Waals surface area contributed by atoms with Gasteiger partial charge in [0.15, 0.2) is 0 Å². The number of ether oxygens (including phenoxy) is 1. The lowest BCUT2D eigenvalue weighted by atomic mass is 10.1. The van der Waals surface area contributed by atoms with Crippen LogP contribution in [0.5, 0.6) is 5.75 Å². The van der Waals surface area contributed by atoms with Gasteiger partial charge in [-0.1, -0.05) is 0 Å². The third-order valence-electron chi connectivity index (χ3n) is 5.90. The SMILES string of the molecule is O=C(CN1CCN(c2ccc(O)cc2)CC1)Nc1cc(C(F)(F)F)ccc1N1CCOCC1. The number of morpholine rings is 1. The number of carbonyl (C=O) groups excluding carboxylic acids is 1. The molecule has 2 aliphatic heterocycles. The molecule has 0 atom stereocenters. The minimum absolute atomic E-state index is 0.0994. The average Bonchev–Trinajstić information content (AvgIpc) is 2.80. The number of amides is 1. The molecule has 0 spiro atoms. The van der Waals surface area contributed by atoms with Gasteiger partial charge in [-0.05, 0) is 42.5 Å². The van der Waals surface area contributed by atoms with E-state index >= 15 is 0 Å². The number of nitrogens with one attached hydrogen (secondary N) is 1. The van der Waals surface area contributed by atoms with Crippen LogP contribution >= 0.6 is 0 Å². The molecule has 178 valence electrons. The Morgan fingerprint density at radius 2 is 1.61 bits per heavy atom. The van der Waals surface area contributed by atoms with Crippen LogP contribution in [0.15, 0.2) is 42.5 Å². The van der Waals surface area contributed by atoms with Crippen molar-refractivity contribution in [3.63, 3.8) is 0 Å². The summed E-state index contributed by atoms with van der Waals surface area (Å²) in [7, 11) is 0. The van der Waals surface area contributed by atoms with Gasteiger partial charge in [-0.15, -0.1) is 0 Å². The number of hydrogen-bond donors (Lipinski definition) is 2. The number of anilines is 3. The molecule has 33 heavy (non-hydrogen) atoms. The van der Waals surface area contributed by atoms with Gasteiger partial charge in [-0.2, -0.15) is 13.2 Å². The zero-order chi connectivity index (χ0) is 23.4. The van der Waals surface area contributed by atoms with Gasteiger partial charge in [-0.3, -0.25) is 9.69 Å². The Bertz CT molecular complexity index is 954. The van der Waals surface area contributed by atoms with Crippen molar-refractivity contribution in [1.29, 1.82) is 0 Å². The molecule has 2 N–H and O–H groups in total. The molecular weight excluding hydrogens is 437 g/mol. The molecule has 2 aromatic carbocycles. The lowest BCUT2D eigenvalue weighted by Gasteiger charge is -2.36. The number of alkyl halides is 3. The first-order chi connectivity index (χ1) is 15.8. The van der Waals surface area contributed by atoms with Crippen molar-refractivity contribution in [3.05, 3.63) is 48.0 Å². The maximum absolute atomic E-state index is 13.3. The highest BCUT2D eigenvalue weighted by molar-refractivity contribution is 5.96. The zero-order valence-electron chi connectivity index (χ0n) is 18.1. The number of hydrogen-bond acceptors (Lipinski definition) is 6. The highest BCUT2D eigenvalue weighted by atomic mass is 19.4. The number of halogens is 3. The topological polar surface area (TPSA) is 68.3 Å². The van der Waals surface area contributed by atoms with Gasteiger partial charge in [0.2, 0.25) is 5.91 Å². The summed E-state index contributed by atoms with van der Waals surface area (Å²) >= 11 is 0. The zero-order valence-corrected chi connectivity index (χ0v) is 18.1. The molecule has 2 saturated heterocycles. The number of piperazine rings is 1. The summed E-state index contributed by atoms with van der Waals surface area (Å²) in [5.74, 6) is -0.137. The Labute approximate surface area is 190 Å². The molecule has 2 fully saturated rings. The second kappa shape index (κ2) is 9.88. The van der Waals surface area contributed by atoms with Crippen molar-refractivity contribution >= 4 is 23.0 Å². The van der Waals surface area contributed by atoms with Crippen LogP contribution in [0.3, 0.4) is 0 Å². The van der Waals surface area contributed by atoms with E-state index in [1.165, 1.54) is 6.07 Å². The van der Waals surface area contributed by atoms with Crippen molar-refractivity contribution in [2.24, 2.45) is 0 Å². The molecule has 2 aliphatic rings. The molecule has 2 aromatic rings. The monoisotopic (exact) mass is 464 g/mol. The lowest BCUT2D eigenvalue weighted by molar-refractivity contribution is -0.137. The Morgan fingerprint density at radius 3 is 2.24 bits per heavy atom. The average molecular weight is 464 g/mol. The third kappa shape index (κ3) is 5.88. The number of aromatic hydroxyl groups is 1. The minimum Gasteiger partial charge on any atom is -0.508 e. The van der Waals surface area contributed by atoms with E-state index in [9.17, 15) is 23.1 Å². The largest absolute Gasteiger partial charge is 0.508 e. The van der Waals surface area contributed by atoms with Crippen molar-refractivity contribution in [2.45, 2.75) is 6.18 Å². The fourth-order valence-corrected chi connectivity index (χ4v) is 4.11. The first kappa shape index (κ1) is 23.2. The molecule has 0 saturated carbocycles. The van der Waals surface area contributed by atoms with Crippen LogP contribution in [-0.4, -0.2) is 74.9 Å². The first-order valence-electron chi connectivity index (χ1n) is 10.9. The maximum Gasteiger partial charge on any atom is 0.416 e. The van der Waals surface area contributed by atoms with Gasteiger partial charge in [0, 0.05) is 45.0 Å². The van der Waals surface area contributed by atoms with E-state index in [4.69, 9.17) is 4.74 Å². The molecule has 0 aromatic heterocycles. The van der Waals surface area contributed by atoms with Crippen LogP contribution in [0.4, 0.5) is 30.2 Å². The number of phenols is 1. The number of phenolic OH excluding ortho intramolecular Hbond substituents is 1. The predicted octanol–water partition coefficient (Wildman–Crippen LogP) is 3.01. The number of benzene rings is 2. The molecule has 0 radical (unpaired) electrons. The summed E-state index contributed by atoms with van der Waals surface area (Å²) in [5.41, 5.74) is 0.935. The van der Waals surface area contributed by atoms with Crippen LogP contribution in [0.25, 0.3) is 0 Å². The Balaban J connectivity index is 1.39. The molecule has 4 rings (SSSR count).